The molecule has 2 heterocycles. The number of aromatic nitrogens is 2. The lowest BCUT2D eigenvalue weighted by Crippen LogP contribution is -2.31. The highest BCUT2D eigenvalue weighted by molar-refractivity contribution is 5.92. The number of allylic oxidation sites excluding steroid dienone is 3. The Labute approximate surface area is 123 Å². The largest absolute Gasteiger partial charge is 0.466 e. The number of ether oxygens (including phenoxy) is 1. The Kier molecular flexibility index (Phi) is 4.13. The summed E-state index contributed by atoms with van der Waals surface area (Å²) in [5.74, 6) is -0.794. The maximum absolute atomic E-state index is 12.1. The van der Waals surface area contributed by atoms with Crippen LogP contribution >= 0.6 is 0 Å². The number of aromatic amines is 1. The van der Waals surface area contributed by atoms with E-state index in [0.29, 0.717) is 22.5 Å². The number of rotatable bonds is 3. The third-order valence-electron chi connectivity index (χ3n) is 3.53. The Balaban J connectivity index is 2.65. The molecule has 110 valence electrons. The monoisotopic (exact) mass is 286 g/mol. The Morgan fingerprint density at radius 1 is 1.52 bits per heavy atom. The number of esters is 1. The van der Waals surface area contributed by atoms with Crippen LogP contribution in [0.15, 0.2) is 35.1 Å². The molecule has 0 spiro atoms. The molecule has 0 radical (unpaired) electrons. The quantitative estimate of drug-likeness (QED) is 0.829. The summed E-state index contributed by atoms with van der Waals surface area (Å²) in [5.41, 5.74) is 3.17. The fraction of sp³-hybridized carbons (Fsp3) is 0.400. The zero-order chi connectivity index (χ0) is 15.6. The van der Waals surface area contributed by atoms with Crippen molar-refractivity contribution in [3.05, 3.63) is 40.8 Å². The molecule has 0 bridgehead atoms. The lowest BCUT2D eigenvalue weighted by atomic mass is 9.82. The molecule has 1 unspecified atom stereocenters. The molecular weight excluding hydrogens is 268 g/mol. The van der Waals surface area contributed by atoms with Crippen LogP contribution in [0.25, 0.3) is 0 Å². The van der Waals surface area contributed by atoms with E-state index in [1.165, 1.54) is 13.4 Å². The van der Waals surface area contributed by atoms with Gasteiger partial charge in [0.25, 0.3) is 0 Å². The fourth-order valence-corrected chi connectivity index (χ4v) is 2.55. The maximum Gasteiger partial charge on any atom is 0.336 e. The van der Waals surface area contributed by atoms with Crippen LogP contribution in [0.5, 0.6) is 0 Å². The number of carbonyl (C=O) groups is 1. The highest BCUT2D eigenvalue weighted by atomic mass is 16.5. The standard InChI is InChI=1S/C15H18N4O2/c1-8(2)14-10(5-16)13(11-6-17-7-18-11)12(9(3)19-14)15(20)21-4/h6-8,13,19H,1-4H3,(H,17,18). The number of nitrogens with zero attached hydrogens (tertiary/aromatic N) is 2. The summed E-state index contributed by atoms with van der Waals surface area (Å²) in [6, 6.07) is 2.23. The summed E-state index contributed by atoms with van der Waals surface area (Å²) in [5, 5.41) is 12.8. The molecule has 6 nitrogen and oxygen atoms in total. The van der Waals surface area contributed by atoms with E-state index in [1.807, 2.05) is 20.8 Å². The van der Waals surface area contributed by atoms with Crippen molar-refractivity contribution in [1.29, 1.82) is 5.26 Å². The van der Waals surface area contributed by atoms with E-state index in [4.69, 9.17) is 4.74 Å². The Hall–Kier alpha value is -2.55. The summed E-state index contributed by atoms with van der Waals surface area (Å²) in [4.78, 5) is 19.1. The Morgan fingerprint density at radius 3 is 2.71 bits per heavy atom. The maximum atomic E-state index is 12.1. The van der Waals surface area contributed by atoms with Gasteiger partial charge in [0.15, 0.2) is 0 Å². The van der Waals surface area contributed by atoms with Gasteiger partial charge in [-0.15, -0.1) is 0 Å². The predicted molar refractivity (Wildman–Crippen MR) is 76.7 cm³/mol. The lowest BCUT2D eigenvalue weighted by molar-refractivity contribution is -0.136. The Bertz CT molecular complexity index is 648. The number of hydrogen-bond donors (Lipinski definition) is 2. The van der Waals surface area contributed by atoms with Gasteiger partial charge in [0, 0.05) is 23.3 Å². The molecule has 1 aliphatic heterocycles. The number of dihydropyridines is 1. The highest BCUT2D eigenvalue weighted by Crippen LogP contribution is 2.38. The van der Waals surface area contributed by atoms with Crippen LogP contribution in [0.4, 0.5) is 0 Å². The van der Waals surface area contributed by atoms with Crippen molar-refractivity contribution in [2.45, 2.75) is 26.7 Å². The number of H-pyrrole nitrogens is 1. The van der Waals surface area contributed by atoms with E-state index in [9.17, 15) is 10.1 Å². The van der Waals surface area contributed by atoms with Crippen molar-refractivity contribution < 1.29 is 9.53 Å². The number of methoxy groups -OCH3 is 1. The van der Waals surface area contributed by atoms with Gasteiger partial charge in [0.1, 0.15) is 0 Å². The van der Waals surface area contributed by atoms with Gasteiger partial charge in [-0.25, -0.2) is 9.78 Å². The zero-order valence-electron chi connectivity index (χ0n) is 12.5. The molecule has 1 atom stereocenters. The molecule has 0 aromatic carbocycles. The van der Waals surface area contributed by atoms with Crippen LogP contribution in [0.1, 0.15) is 32.4 Å². The molecule has 6 heteroatoms. The van der Waals surface area contributed by atoms with Crippen molar-refractivity contribution in [1.82, 2.24) is 15.3 Å². The van der Waals surface area contributed by atoms with E-state index in [1.54, 1.807) is 6.20 Å². The smallest absolute Gasteiger partial charge is 0.336 e. The topological polar surface area (TPSA) is 90.8 Å². The molecule has 1 aromatic rings. The molecule has 0 saturated heterocycles. The average molecular weight is 286 g/mol. The van der Waals surface area contributed by atoms with Gasteiger partial charge in [-0.2, -0.15) is 5.26 Å². The number of nitriles is 1. The van der Waals surface area contributed by atoms with Gasteiger partial charge in [-0.05, 0) is 12.8 Å². The van der Waals surface area contributed by atoms with Crippen LogP contribution in [0.2, 0.25) is 0 Å². The molecule has 1 aromatic heterocycles. The first-order valence-electron chi connectivity index (χ1n) is 6.69. The van der Waals surface area contributed by atoms with Crippen molar-refractivity contribution in [2.24, 2.45) is 5.92 Å². The second kappa shape index (κ2) is 5.83. The van der Waals surface area contributed by atoms with Crippen LogP contribution in [-0.2, 0) is 9.53 Å². The third kappa shape index (κ3) is 2.55. The first-order valence-corrected chi connectivity index (χ1v) is 6.69. The molecule has 1 aliphatic rings. The first-order chi connectivity index (χ1) is 10.0. The van der Waals surface area contributed by atoms with Gasteiger partial charge >= 0.3 is 5.97 Å². The minimum atomic E-state index is -0.483. The molecular formula is C15H18N4O2. The van der Waals surface area contributed by atoms with Crippen LogP contribution in [0, 0.1) is 17.2 Å². The Morgan fingerprint density at radius 2 is 2.24 bits per heavy atom. The van der Waals surface area contributed by atoms with Crippen LogP contribution in [-0.4, -0.2) is 23.0 Å². The summed E-state index contributed by atoms with van der Waals surface area (Å²) in [6.45, 7) is 5.81. The minimum absolute atomic E-state index is 0.138. The summed E-state index contributed by atoms with van der Waals surface area (Å²) >= 11 is 0. The van der Waals surface area contributed by atoms with Crippen molar-refractivity contribution in [2.75, 3.05) is 7.11 Å². The molecule has 2 rings (SSSR count). The average Bonchev–Trinajstić information content (AvgIpc) is 2.98. The minimum Gasteiger partial charge on any atom is -0.466 e. The van der Waals surface area contributed by atoms with Crippen LogP contribution < -0.4 is 5.32 Å². The summed E-state index contributed by atoms with van der Waals surface area (Å²) in [6.07, 6.45) is 3.16. The van der Waals surface area contributed by atoms with Crippen molar-refractivity contribution >= 4 is 5.97 Å². The number of carbonyl (C=O) groups excluding carboxylic acids is 1. The molecule has 0 saturated carbocycles. The lowest BCUT2D eigenvalue weighted by Gasteiger charge is -2.30. The summed E-state index contributed by atoms with van der Waals surface area (Å²) < 4.78 is 4.87. The van der Waals surface area contributed by atoms with Gasteiger partial charge < -0.3 is 15.0 Å². The van der Waals surface area contributed by atoms with E-state index in [-0.39, 0.29) is 5.92 Å². The molecule has 0 amide bonds. The molecule has 0 fully saturated rings. The number of nitrogens with one attached hydrogen (secondary N) is 2. The zero-order valence-corrected chi connectivity index (χ0v) is 12.5. The second-order valence-corrected chi connectivity index (χ2v) is 5.19. The van der Waals surface area contributed by atoms with Gasteiger partial charge in [-0.3, -0.25) is 0 Å². The normalized spacial score (nSPS) is 18.6. The van der Waals surface area contributed by atoms with Gasteiger partial charge in [-0.1, -0.05) is 13.8 Å². The number of hydrogen-bond acceptors (Lipinski definition) is 5. The van der Waals surface area contributed by atoms with Crippen molar-refractivity contribution in [3.63, 3.8) is 0 Å². The SMILES string of the molecule is COC(=O)C1=C(C)NC(C(C)C)=C(C#N)C1c1cnc[nH]1. The van der Waals surface area contributed by atoms with Crippen molar-refractivity contribution in [3.8, 4) is 6.07 Å². The predicted octanol–water partition coefficient (Wildman–Crippen LogP) is 1.98. The van der Waals surface area contributed by atoms with Gasteiger partial charge in [0.05, 0.1) is 36.6 Å². The fourth-order valence-electron chi connectivity index (χ4n) is 2.55. The van der Waals surface area contributed by atoms with Crippen LogP contribution in [0.3, 0.4) is 0 Å². The van der Waals surface area contributed by atoms with E-state index in [0.717, 1.165) is 5.70 Å². The van der Waals surface area contributed by atoms with E-state index < -0.39 is 11.9 Å². The molecule has 21 heavy (non-hydrogen) atoms. The first kappa shape index (κ1) is 14.9. The summed E-state index contributed by atoms with van der Waals surface area (Å²) in [7, 11) is 1.33. The third-order valence-corrected chi connectivity index (χ3v) is 3.53. The molecule has 0 aliphatic carbocycles. The number of imidazole rings is 1. The molecule has 2 N–H and O–H groups in total. The van der Waals surface area contributed by atoms with E-state index >= 15 is 0 Å². The van der Waals surface area contributed by atoms with Gasteiger partial charge in [0.2, 0.25) is 0 Å². The second-order valence-electron chi connectivity index (χ2n) is 5.19. The van der Waals surface area contributed by atoms with E-state index in [2.05, 4.69) is 21.4 Å². The highest BCUT2D eigenvalue weighted by Gasteiger charge is 2.36.